The van der Waals surface area contributed by atoms with Crippen LogP contribution in [0.4, 0.5) is 0 Å². The second-order valence-corrected chi connectivity index (χ2v) is 3.64. The lowest BCUT2D eigenvalue weighted by molar-refractivity contribution is 0.414. The average Bonchev–Trinajstić information content (AvgIpc) is 2.78. The van der Waals surface area contributed by atoms with Crippen molar-refractivity contribution in [3.05, 3.63) is 18.0 Å². The van der Waals surface area contributed by atoms with Crippen molar-refractivity contribution in [2.75, 3.05) is 6.54 Å². The molecular weight excluding hydrogens is 150 g/mol. The summed E-state index contributed by atoms with van der Waals surface area (Å²) in [5, 5.41) is 4.28. The summed E-state index contributed by atoms with van der Waals surface area (Å²) in [5.74, 6) is 0.786. The van der Waals surface area contributed by atoms with E-state index < -0.39 is 0 Å². The van der Waals surface area contributed by atoms with Gasteiger partial charge in [-0.2, -0.15) is 5.10 Å². The first-order valence-electron chi connectivity index (χ1n) is 4.52. The Morgan fingerprint density at radius 3 is 2.92 bits per heavy atom. The Hall–Kier alpha value is -0.830. The highest BCUT2D eigenvalue weighted by Crippen LogP contribution is 2.38. The van der Waals surface area contributed by atoms with Crippen LogP contribution in [0, 0.1) is 12.8 Å². The molecule has 1 aliphatic rings. The maximum Gasteiger partial charge on any atom is 0.0669 e. The number of aromatic nitrogens is 2. The highest BCUT2D eigenvalue weighted by molar-refractivity contribution is 5.02. The Morgan fingerprint density at radius 1 is 1.75 bits per heavy atom. The van der Waals surface area contributed by atoms with Gasteiger partial charge in [0.1, 0.15) is 0 Å². The van der Waals surface area contributed by atoms with Gasteiger partial charge in [-0.15, -0.1) is 0 Å². The summed E-state index contributed by atoms with van der Waals surface area (Å²) in [4.78, 5) is 0. The van der Waals surface area contributed by atoms with Crippen molar-refractivity contribution in [1.29, 1.82) is 0 Å². The highest BCUT2D eigenvalue weighted by Gasteiger charge is 2.31. The third kappa shape index (κ3) is 1.37. The molecule has 0 saturated heterocycles. The van der Waals surface area contributed by atoms with Crippen molar-refractivity contribution in [2.24, 2.45) is 11.7 Å². The summed E-state index contributed by atoms with van der Waals surface area (Å²) in [6, 6.07) is 0.443. The van der Waals surface area contributed by atoms with Gasteiger partial charge >= 0.3 is 0 Å². The topological polar surface area (TPSA) is 43.8 Å². The molecule has 1 aromatic rings. The fraction of sp³-hybridized carbons (Fsp3) is 0.667. The van der Waals surface area contributed by atoms with Gasteiger partial charge < -0.3 is 5.73 Å². The molecule has 1 fully saturated rings. The minimum absolute atomic E-state index is 0.443. The van der Waals surface area contributed by atoms with Crippen LogP contribution in [-0.2, 0) is 0 Å². The molecule has 3 nitrogen and oxygen atoms in total. The molecule has 1 atom stereocenters. The van der Waals surface area contributed by atoms with E-state index in [1.165, 1.54) is 18.4 Å². The Balaban J connectivity index is 2.15. The van der Waals surface area contributed by atoms with Crippen LogP contribution in [0.3, 0.4) is 0 Å². The zero-order chi connectivity index (χ0) is 8.55. The Labute approximate surface area is 72.6 Å². The molecule has 1 aromatic heterocycles. The van der Waals surface area contributed by atoms with Gasteiger partial charge in [-0.05, 0) is 31.2 Å². The van der Waals surface area contributed by atoms with E-state index in [-0.39, 0.29) is 0 Å². The minimum Gasteiger partial charge on any atom is -0.328 e. The van der Waals surface area contributed by atoms with Gasteiger partial charge in [0.15, 0.2) is 0 Å². The third-order valence-electron chi connectivity index (χ3n) is 2.48. The quantitative estimate of drug-likeness (QED) is 0.729. The molecule has 1 saturated carbocycles. The van der Waals surface area contributed by atoms with Gasteiger partial charge in [0.2, 0.25) is 0 Å². The van der Waals surface area contributed by atoms with Crippen molar-refractivity contribution in [2.45, 2.75) is 25.8 Å². The van der Waals surface area contributed by atoms with Crippen LogP contribution in [-0.4, -0.2) is 16.3 Å². The molecule has 12 heavy (non-hydrogen) atoms. The van der Waals surface area contributed by atoms with Crippen LogP contribution in [0.1, 0.15) is 24.4 Å². The van der Waals surface area contributed by atoms with Gasteiger partial charge in [-0.3, -0.25) is 4.68 Å². The Bertz CT molecular complexity index is 262. The van der Waals surface area contributed by atoms with Gasteiger partial charge in [0.25, 0.3) is 0 Å². The third-order valence-corrected chi connectivity index (χ3v) is 2.48. The lowest BCUT2D eigenvalue weighted by Gasteiger charge is -2.13. The van der Waals surface area contributed by atoms with Gasteiger partial charge in [-0.25, -0.2) is 0 Å². The van der Waals surface area contributed by atoms with Gasteiger partial charge in [0, 0.05) is 12.7 Å². The van der Waals surface area contributed by atoms with Crippen molar-refractivity contribution < 1.29 is 0 Å². The van der Waals surface area contributed by atoms with E-state index in [2.05, 4.69) is 18.2 Å². The SMILES string of the molecule is Cc1cnn(C(CN)C2CC2)c1. The molecule has 2 rings (SSSR count). The van der Waals surface area contributed by atoms with E-state index in [0.717, 1.165) is 5.92 Å². The largest absolute Gasteiger partial charge is 0.328 e. The predicted octanol–water partition coefficient (Wildman–Crippen LogP) is 1.10. The molecule has 0 aromatic carbocycles. The normalized spacial score (nSPS) is 19.5. The van der Waals surface area contributed by atoms with Crippen molar-refractivity contribution in [1.82, 2.24) is 9.78 Å². The first-order chi connectivity index (χ1) is 5.81. The van der Waals surface area contributed by atoms with Crippen molar-refractivity contribution in [3.8, 4) is 0 Å². The minimum atomic E-state index is 0.443. The van der Waals surface area contributed by atoms with Crippen LogP contribution in [0.15, 0.2) is 12.4 Å². The van der Waals surface area contributed by atoms with Crippen LogP contribution < -0.4 is 5.73 Å². The summed E-state index contributed by atoms with van der Waals surface area (Å²) in [6.07, 6.45) is 6.61. The number of nitrogens with two attached hydrogens (primary N) is 1. The number of hydrogen-bond acceptors (Lipinski definition) is 2. The van der Waals surface area contributed by atoms with Gasteiger partial charge in [0.05, 0.1) is 12.2 Å². The van der Waals surface area contributed by atoms with Crippen molar-refractivity contribution in [3.63, 3.8) is 0 Å². The van der Waals surface area contributed by atoms with Gasteiger partial charge in [-0.1, -0.05) is 0 Å². The Morgan fingerprint density at radius 2 is 2.50 bits per heavy atom. The molecule has 3 heteroatoms. The van der Waals surface area contributed by atoms with Crippen LogP contribution >= 0.6 is 0 Å². The number of rotatable bonds is 3. The highest BCUT2D eigenvalue weighted by atomic mass is 15.3. The van der Waals surface area contributed by atoms with E-state index in [4.69, 9.17) is 5.73 Å². The smallest absolute Gasteiger partial charge is 0.0669 e. The average molecular weight is 165 g/mol. The van der Waals surface area contributed by atoms with E-state index >= 15 is 0 Å². The molecule has 66 valence electrons. The lowest BCUT2D eigenvalue weighted by atomic mass is 10.2. The summed E-state index contributed by atoms with van der Waals surface area (Å²) >= 11 is 0. The second kappa shape index (κ2) is 2.90. The molecule has 2 N–H and O–H groups in total. The van der Waals surface area contributed by atoms with Crippen LogP contribution in [0.5, 0.6) is 0 Å². The molecule has 1 unspecified atom stereocenters. The molecule has 0 spiro atoms. The maximum absolute atomic E-state index is 5.69. The Kier molecular flexibility index (Phi) is 1.89. The van der Waals surface area contributed by atoms with E-state index in [1.807, 2.05) is 10.9 Å². The van der Waals surface area contributed by atoms with E-state index in [1.54, 1.807) is 0 Å². The first-order valence-corrected chi connectivity index (χ1v) is 4.52. The number of hydrogen-bond donors (Lipinski definition) is 1. The maximum atomic E-state index is 5.69. The fourth-order valence-electron chi connectivity index (χ4n) is 1.61. The zero-order valence-corrected chi connectivity index (χ0v) is 7.40. The standard InChI is InChI=1S/C9H15N3/c1-7-5-11-12(6-7)9(4-10)8-2-3-8/h5-6,8-9H,2-4,10H2,1H3. The molecular formula is C9H15N3. The number of nitrogens with zero attached hydrogens (tertiary/aromatic N) is 2. The molecule has 0 aliphatic heterocycles. The van der Waals surface area contributed by atoms with Crippen LogP contribution in [0.25, 0.3) is 0 Å². The summed E-state index contributed by atoms with van der Waals surface area (Å²) in [5.41, 5.74) is 6.91. The lowest BCUT2D eigenvalue weighted by Crippen LogP contribution is -2.21. The number of aryl methyl sites for hydroxylation is 1. The molecule has 0 bridgehead atoms. The molecule has 1 aliphatic carbocycles. The van der Waals surface area contributed by atoms with E-state index in [9.17, 15) is 0 Å². The summed E-state index contributed by atoms with van der Waals surface area (Å²) < 4.78 is 2.02. The summed E-state index contributed by atoms with van der Waals surface area (Å²) in [7, 11) is 0. The first kappa shape index (κ1) is 7.80. The van der Waals surface area contributed by atoms with E-state index in [0.29, 0.717) is 12.6 Å². The molecule has 0 radical (unpaired) electrons. The van der Waals surface area contributed by atoms with Crippen LogP contribution in [0.2, 0.25) is 0 Å². The molecule has 1 heterocycles. The zero-order valence-electron chi connectivity index (χ0n) is 7.40. The molecule has 0 amide bonds. The van der Waals surface area contributed by atoms with Crippen molar-refractivity contribution >= 4 is 0 Å². The predicted molar refractivity (Wildman–Crippen MR) is 47.8 cm³/mol. The summed E-state index contributed by atoms with van der Waals surface area (Å²) in [6.45, 7) is 2.77. The monoisotopic (exact) mass is 165 g/mol. The fourth-order valence-corrected chi connectivity index (χ4v) is 1.61. The second-order valence-electron chi connectivity index (χ2n) is 3.64.